The van der Waals surface area contributed by atoms with Gasteiger partial charge in [-0.25, -0.2) is 4.98 Å². The molecule has 2 nitrogen and oxygen atoms in total. The van der Waals surface area contributed by atoms with Crippen LogP contribution < -0.4 is 5.32 Å². The van der Waals surface area contributed by atoms with Crippen LogP contribution in [0, 0.1) is 6.92 Å². The molecule has 0 bridgehead atoms. The van der Waals surface area contributed by atoms with Crippen molar-refractivity contribution in [1.82, 2.24) is 4.98 Å². The minimum absolute atomic E-state index is 0.399. The van der Waals surface area contributed by atoms with Crippen LogP contribution in [0.15, 0.2) is 35.0 Å². The summed E-state index contributed by atoms with van der Waals surface area (Å²) in [5.74, 6) is 0. The Bertz CT molecular complexity index is 671. The highest BCUT2D eigenvalue weighted by Gasteiger charge is 2.08. The van der Waals surface area contributed by atoms with E-state index in [0.29, 0.717) is 6.04 Å². The van der Waals surface area contributed by atoms with Crippen molar-refractivity contribution >= 4 is 38.0 Å². The molecule has 0 aliphatic heterocycles. The molecule has 0 saturated carbocycles. The van der Waals surface area contributed by atoms with E-state index in [4.69, 9.17) is 0 Å². The summed E-state index contributed by atoms with van der Waals surface area (Å²) in [5, 5.41) is 8.85. The van der Waals surface area contributed by atoms with Gasteiger partial charge in [0.15, 0.2) is 5.13 Å². The van der Waals surface area contributed by atoms with E-state index in [0.717, 1.165) is 17.1 Å². The lowest BCUT2D eigenvalue weighted by Gasteiger charge is -2.11. The van der Waals surface area contributed by atoms with Gasteiger partial charge in [-0.1, -0.05) is 17.4 Å². The van der Waals surface area contributed by atoms with Gasteiger partial charge in [-0.3, -0.25) is 0 Å². The van der Waals surface area contributed by atoms with E-state index in [1.54, 1.807) is 22.7 Å². The van der Waals surface area contributed by atoms with Crippen LogP contribution in [0.5, 0.6) is 0 Å². The number of hydrogen-bond donors (Lipinski definition) is 1. The Balaban J connectivity index is 1.74. The Labute approximate surface area is 121 Å². The van der Waals surface area contributed by atoms with Gasteiger partial charge in [-0.05, 0) is 60.4 Å². The standard InChI is InChI=1S/C15H16N2S2/c1-10-3-4-13-14(7-10)19-15(17-13)16-11(2)8-12-5-6-18-9-12/h3-7,9,11H,8H2,1-2H3,(H,16,17). The lowest BCUT2D eigenvalue weighted by molar-refractivity contribution is 0.791. The highest BCUT2D eigenvalue weighted by Crippen LogP contribution is 2.27. The largest absolute Gasteiger partial charge is 0.359 e. The molecule has 1 atom stereocenters. The van der Waals surface area contributed by atoms with Gasteiger partial charge >= 0.3 is 0 Å². The first-order valence-electron chi connectivity index (χ1n) is 6.35. The Hall–Kier alpha value is -1.39. The van der Waals surface area contributed by atoms with Gasteiger partial charge in [0.1, 0.15) is 0 Å². The summed E-state index contributed by atoms with van der Waals surface area (Å²) in [6.45, 7) is 4.32. The normalized spacial score (nSPS) is 12.7. The maximum Gasteiger partial charge on any atom is 0.184 e. The number of aryl methyl sites for hydroxylation is 1. The first-order valence-corrected chi connectivity index (χ1v) is 8.11. The van der Waals surface area contributed by atoms with Gasteiger partial charge in [0.05, 0.1) is 10.2 Å². The summed E-state index contributed by atoms with van der Waals surface area (Å²) in [6, 6.07) is 8.99. The Kier molecular flexibility index (Phi) is 3.53. The average molecular weight is 288 g/mol. The number of nitrogens with zero attached hydrogens (tertiary/aromatic N) is 1. The second kappa shape index (κ2) is 5.31. The molecule has 1 N–H and O–H groups in total. The third kappa shape index (κ3) is 2.96. The second-order valence-electron chi connectivity index (χ2n) is 4.87. The number of anilines is 1. The highest BCUT2D eigenvalue weighted by molar-refractivity contribution is 7.22. The molecule has 98 valence electrons. The van der Waals surface area contributed by atoms with Crippen molar-refractivity contribution in [2.45, 2.75) is 26.3 Å². The van der Waals surface area contributed by atoms with Crippen molar-refractivity contribution in [3.8, 4) is 0 Å². The lowest BCUT2D eigenvalue weighted by atomic mass is 10.1. The maximum atomic E-state index is 4.63. The number of hydrogen-bond acceptors (Lipinski definition) is 4. The molecule has 1 aromatic carbocycles. The molecule has 4 heteroatoms. The predicted molar refractivity (Wildman–Crippen MR) is 85.5 cm³/mol. The van der Waals surface area contributed by atoms with E-state index in [2.05, 4.69) is 59.2 Å². The maximum absolute atomic E-state index is 4.63. The Morgan fingerprint density at radius 3 is 3.00 bits per heavy atom. The molecule has 0 spiro atoms. The molecule has 0 amide bonds. The fourth-order valence-corrected chi connectivity index (χ4v) is 3.87. The number of rotatable bonds is 4. The smallest absolute Gasteiger partial charge is 0.184 e. The lowest BCUT2D eigenvalue weighted by Crippen LogP contribution is -2.17. The molecule has 2 aromatic heterocycles. The second-order valence-corrected chi connectivity index (χ2v) is 6.68. The Morgan fingerprint density at radius 1 is 1.32 bits per heavy atom. The zero-order chi connectivity index (χ0) is 13.2. The molecule has 0 saturated heterocycles. The van der Waals surface area contributed by atoms with Gasteiger partial charge < -0.3 is 5.32 Å². The number of thiophene rings is 1. The molecule has 2 heterocycles. The van der Waals surface area contributed by atoms with Crippen LogP contribution in [0.3, 0.4) is 0 Å². The van der Waals surface area contributed by atoms with Gasteiger partial charge in [0, 0.05) is 6.04 Å². The van der Waals surface area contributed by atoms with Crippen LogP contribution in [0.2, 0.25) is 0 Å². The summed E-state index contributed by atoms with van der Waals surface area (Å²) in [4.78, 5) is 4.63. The minimum atomic E-state index is 0.399. The third-order valence-electron chi connectivity index (χ3n) is 3.04. The van der Waals surface area contributed by atoms with E-state index in [1.165, 1.54) is 15.8 Å². The van der Waals surface area contributed by atoms with E-state index in [1.807, 2.05) is 0 Å². The summed E-state index contributed by atoms with van der Waals surface area (Å²) < 4.78 is 1.25. The van der Waals surface area contributed by atoms with Crippen molar-refractivity contribution in [3.05, 3.63) is 46.2 Å². The van der Waals surface area contributed by atoms with Crippen molar-refractivity contribution < 1.29 is 0 Å². The number of nitrogens with one attached hydrogen (secondary N) is 1. The summed E-state index contributed by atoms with van der Waals surface area (Å²) >= 11 is 3.49. The molecule has 3 aromatic rings. The molecule has 3 rings (SSSR count). The molecule has 0 radical (unpaired) electrons. The van der Waals surface area contributed by atoms with Gasteiger partial charge in [0.25, 0.3) is 0 Å². The summed E-state index contributed by atoms with van der Waals surface area (Å²) in [7, 11) is 0. The quantitative estimate of drug-likeness (QED) is 0.752. The minimum Gasteiger partial charge on any atom is -0.359 e. The SMILES string of the molecule is Cc1ccc2nc(NC(C)Cc3ccsc3)sc2c1. The van der Waals surface area contributed by atoms with Crippen LogP contribution >= 0.6 is 22.7 Å². The van der Waals surface area contributed by atoms with E-state index < -0.39 is 0 Å². The van der Waals surface area contributed by atoms with Crippen molar-refractivity contribution in [3.63, 3.8) is 0 Å². The van der Waals surface area contributed by atoms with Crippen molar-refractivity contribution in [2.24, 2.45) is 0 Å². The number of fused-ring (bicyclic) bond motifs is 1. The third-order valence-corrected chi connectivity index (χ3v) is 4.72. The van der Waals surface area contributed by atoms with E-state index in [-0.39, 0.29) is 0 Å². The molecule has 0 fully saturated rings. The van der Waals surface area contributed by atoms with Gasteiger partial charge in [0.2, 0.25) is 0 Å². The fraction of sp³-hybridized carbons (Fsp3) is 0.267. The van der Waals surface area contributed by atoms with E-state index >= 15 is 0 Å². The molecule has 1 unspecified atom stereocenters. The topological polar surface area (TPSA) is 24.9 Å². The molecule has 0 aliphatic carbocycles. The summed E-state index contributed by atoms with van der Waals surface area (Å²) in [6.07, 6.45) is 1.04. The molecular weight excluding hydrogens is 272 g/mol. The fourth-order valence-electron chi connectivity index (χ4n) is 2.12. The van der Waals surface area contributed by atoms with Crippen LogP contribution in [-0.2, 0) is 6.42 Å². The number of benzene rings is 1. The van der Waals surface area contributed by atoms with E-state index in [9.17, 15) is 0 Å². The zero-order valence-electron chi connectivity index (χ0n) is 11.0. The van der Waals surface area contributed by atoms with Crippen LogP contribution in [-0.4, -0.2) is 11.0 Å². The van der Waals surface area contributed by atoms with Crippen molar-refractivity contribution in [2.75, 3.05) is 5.32 Å². The Morgan fingerprint density at radius 2 is 2.21 bits per heavy atom. The first-order chi connectivity index (χ1) is 9.20. The highest BCUT2D eigenvalue weighted by atomic mass is 32.1. The number of aromatic nitrogens is 1. The van der Waals surface area contributed by atoms with Crippen molar-refractivity contribution in [1.29, 1.82) is 0 Å². The monoisotopic (exact) mass is 288 g/mol. The van der Waals surface area contributed by atoms with Gasteiger partial charge in [-0.15, -0.1) is 0 Å². The molecule has 0 aliphatic rings. The zero-order valence-corrected chi connectivity index (χ0v) is 12.6. The summed E-state index contributed by atoms with van der Waals surface area (Å²) in [5.41, 5.74) is 3.76. The van der Waals surface area contributed by atoms with Crippen LogP contribution in [0.4, 0.5) is 5.13 Å². The van der Waals surface area contributed by atoms with Crippen LogP contribution in [0.1, 0.15) is 18.1 Å². The average Bonchev–Trinajstić information content (AvgIpc) is 2.97. The predicted octanol–water partition coefficient (Wildman–Crippen LogP) is 4.71. The first kappa shape index (κ1) is 12.6. The van der Waals surface area contributed by atoms with Crippen LogP contribution in [0.25, 0.3) is 10.2 Å². The number of thiazole rings is 1. The van der Waals surface area contributed by atoms with Gasteiger partial charge in [-0.2, -0.15) is 11.3 Å². The molecular formula is C15H16N2S2. The molecule has 19 heavy (non-hydrogen) atoms.